The topological polar surface area (TPSA) is 67.8 Å². The van der Waals surface area contributed by atoms with Crippen molar-refractivity contribution in [1.82, 2.24) is 5.32 Å². The summed E-state index contributed by atoms with van der Waals surface area (Å²) in [5, 5.41) is 15.7. The van der Waals surface area contributed by atoms with Crippen molar-refractivity contribution >= 4 is 24.8 Å². The summed E-state index contributed by atoms with van der Waals surface area (Å²) in [5.74, 6) is 0. The maximum Gasteiger partial charge on any atom is 0.408 e. The monoisotopic (exact) mass is 469 g/mol. The minimum Gasteiger partial charge on any atom is -0.444 e. The molecule has 0 aliphatic carbocycles. The van der Waals surface area contributed by atoms with Crippen LogP contribution in [-0.2, 0) is 9.16 Å². The van der Waals surface area contributed by atoms with Crippen molar-refractivity contribution in [3.8, 4) is 0 Å². The first-order valence-corrected chi connectivity index (χ1v) is 13.3. The summed E-state index contributed by atoms with van der Waals surface area (Å²) in [6.45, 7) is 15.9. The van der Waals surface area contributed by atoms with Crippen LogP contribution in [0.2, 0.25) is 5.04 Å². The summed E-state index contributed by atoms with van der Waals surface area (Å²) >= 11 is 0. The molecule has 5 nitrogen and oxygen atoms in total. The zero-order valence-corrected chi connectivity index (χ0v) is 21.8. The van der Waals surface area contributed by atoms with Crippen molar-refractivity contribution in [2.24, 2.45) is 0 Å². The van der Waals surface area contributed by atoms with Crippen LogP contribution in [0.3, 0.4) is 0 Å². The smallest absolute Gasteiger partial charge is 0.408 e. The molecule has 2 N–H and O–H groups in total. The fourth-order valence-electron chi connectivity index (χ4n) is 4.02. The lowest BCUT2D eigenvalue weighted by atomic mass is 10.1. The van der Waals surface area contributed by atoms with E-state index < -0.39 is 32.2 Å². The minimum atomic E-state index is -2.81. The molecule has 0 spiro atoms. The van der Waals surface area contributed by atoms with E-state index in [0.717, 1.165) is 10.4 Å². The molecule has 0 radical (unpaired) electrons. The number of aliphatic hydroxyl groups is 1. The molecule has 0 unspecified atom stereocenters. The number of ether oxygens (including phenoxy) is 1. The van der Waals surface area contributed by atoms with E-state index in [1.54, 1.807) is 26.8 Å². The van der Waals surface area contributed by atoms with Crippen LogP contribution in [0.15, 0.2) is 73.3 Å². The van der Waals surface area contributed by atoms with Gasteiger partial charge in [0.1, 0.15) is 5.60 Å². The second kappa shape index (κ2) is 11.1. The summed E-state index contributed by atoms with van der Waals surface area (Å²) in [6.07, 6.45) is 0.525. The van der Waals surface area contributed by atoms with Gasteiger partial charge in [-0.2, -0.15) is 0 Å². The molecule has 0 heterocycles. The molecule has 0 bridgehead atoms. The van der Waals surface area contributed by atoms with Crippen LogP contribution < -0.4 is 15.7 Å². The van der Waals surface area contributed by atoms with E-state index in [0.29, 0.717) is 6.42 Å². The first-order valence-electron chi connectivity index (χ1n) is 11.4. The summed E-state index contributed by atoms with van der Waals surface area (Å²) < 4.78 is 12.3. The maximum absolute atomic E-state index is 12.5. The summed E-state index contributed by atoms with van der Waals surface area (Å²) in [7, 11) is -2.81. The van der Waals surface area contributed by atoms with E-state index in [4.69, 9.17) is 9.16 Å². The van der Waals surface area contributed by atoms with Crippen molar-refractivity contribution < 1.29 is 19.1 Å². The Morgan fingerprint density at radius 1 is 1.00 bits per heavy atom. The molecule has 180 valence electrons. The van der Waals surface area contributed by atoms with E-state index in [1.807, 2.05) is 36.4 Å². The van der Waals surface area contributed by atoms with Gasteiger partial charge >= 0.3 is 6.09 Å². The van der Waals surface area contributed by atoms with Gasteiger partial charge in [-0.25, -0.2) is 4.79 Å². The Morgan fingerprint density at radius 3 is 1.88 bits per heavy atom. The third kappa shape index (κ3) is 7.03. The van der Waals surface area contributed by atoms with Crippen LogP contribution in [0, 0.1) is 0 Å². The van der Waals surface area contributed by atoms with Gasteiger partial charge in [-0.1, -0.05) is 87.5 Å². The Kier molecular flexibility index (Phi) is 9.06. The van der Waals surface area contributed by atoms with Crippen molar-refractivity contribution in [2.45, 2.75) is 70.7 Å². The zero-order valence-electron chi connectivity index (χ0n) is 20.8. The number of rotatable bonds is 9. The molecule has 1 amide bonds. The molecule has 6 heteroatoms. The second-order valence-corrected chi connectivity index (χ2v) is 14.6. The van der Waals surface area contributed by atoms with Crippen LogP contribution in [0.4, 0.5) is 4.79 Å². The molecule has 0 fully saturated rings. The molecular weight excluding hydrogens is 430 g/mol. The molecule has 2 aromatic carbocycles. The molecule has 0 saturated heterocycles. The summed E-state index contributed by atoms with van der Waals surface area (Å²) in [5.41, 5.74) is -0.642. The number of amides is 1. The molecule has 2 atom stereocenters. The average molecular weight is 470 g/mol. The summed E-state index contributed by atoms with van der Waals surface area (Å²) in [6, 6.07) is 19.9. The molecule has 0 saturated carbocycles. The number of carbonyl (C=O) groups is 1. The average Bonchev–Trinajstić information content (AvgIpc) is 2.72. The molecule has 0 aliphatic rings. The van der Waals surface area contributed by atoms with Crippen molar-refractivity contribution in [2.75, 3.05) is 6.61 Å². The van der Waals surface area contributed by atoms with Crippen LogP contribution in [0.5, 0.6) is 0 Å². The van der Waals surface area contributed by atoms with Crippen molar-refractivity contribution in [3.63, 3.8) is 0 Å². The van der Waals surface area contributed by atoms with E-state index in [2.05, 4.69) is 56.9 Å². The van der Waals surface area contributed by atoms with E-state index >= 15 is 0 Å². The van der Waals surface area contributed by atoms with Gasteiger partial charge in [0, 0.05) is 0 Å². The largest absolute Gasteiger partial charge is 0.444 e. The Labute approximate surface area is 200 Å². The number of hydrogen-bond acceptors (Lipinski definition) is 4. The molecule has 2 rings (SSSR count). The maximum atomic E-state index is 12.5. The number of alkyl carbamates (subject to hydrolysis) is 1. The van der Waals surface area contributed by atoms with Gasteiger partial charge in [-0.3, -0.25) is 0 Å². The van der Waals surface area contributed by atoms with Gasteiger partial charge in [0.05, 0.1) is 18.8 Å². The number of aliphatic hydroxyl groups excluding tert-OH is 1. The third-order valence-corrected chi connectivity index (χ3v) is 10.5. The lowest BCUT2D eigenvalue weighted by molar-refractivity contribution is 0.0367. The van der Waals surface area contributed by atoms with Gasteiger partial charge < -0.3 is 19.6 Å². The van der Waals surface area contributed by atoms with Crippen molar-refractivity contribution in [3.05, 3.63) is 73.3 Å². The van der Waals surface area contributed by atoms with Gasteiger partial charge in [0.15, 0.2) is 0 Å². The highest BCUT2D eigenvalue weighted by molar-refractivity contribution is 6.99. The van der Waals surface area contributed by atoms with Crippen LogP contribution in [0.1, 0.15) is 48.0 Å². The van der Waals surface area contributed by atoms with Crippen LogP contribution >= 0.6 is 0 Å². The lowest BCUT2D eigenvalue weighted by Crippen LogP contribution is -2.67. The van der Waals surface area contributed by atoms with Gasteiger partial charge in [-0.15, -0.1) is 6.58 Å². The minimum absolute atomic E-state index is 0.140. The molecule has 0 aromatic heterocycles. The number of carbonyl (C=O) groups excluding carboxylic acids is 1. The highest BCUT2D eigenvalue weighted by Gasteiger charge is 2.50. The predicted molar refractivity (Wildman–Crippen MR) is 138 cm³/mol. The summed E-state index contributed by atoms with van der Waals surface area (Å²) in [4.78, 5) is 12.5. The lowest BCUT2D eigenvalue weighted by Gasteiger charge is -2.44. The van der Waals surface area contributed by atoms with E-state index in [-0.39, 0.29) is 11.6 Å². The Balaban J connectivity index is 2.47. The Hall–Kier alpha value is -2.41. The fourth-order valence-corrected chi connectivity index (χ4v) is 8.60. The molecular formula is C27H39NO4Si. The quantitative estimate of drug-likeness (QED) is 0.422. The Bertz CT molecular complexity index is 848. The number of benzene rings is 2. The first-order chi connectivity index (χ1) is 15.4. The number of hydrogen-bond donors (Lipinski definition) is 2. The molecule has 33 heavy (non-hydrogen) atoms. The van der Waals surface area contributed by atoms with Gasteiger partial charge in [-0.05, 0) is 42.6 Å². The van der Waals surface area contributed by atoms with Gasteiger partial charge in [0.25, 0.3) is 8.32 Å². The third-order valence-electron chi connectivity index (χ3n) is 5.47. The van der Waals surface area contributed by atoms with Crippen molar-refractivity contribution in [1.29, 1.82) is 0 Å². The number of nitrogens with one attached hydrogen (secondary N) is 1. The highest BCUT2D eigenvalue weighted by Crippen LogP contribution is 2.36. The van der Waals surface area contributed by atoms with Crippen LogP contribution in [-0.4, -0.2) is 43.9 Å². The molecule has 0 aliphatic heterocycles. The van der Waals surface area contributed by atoms with Crippen LogP contribution in [0.25, 0.3) is 0 Å². The second-order valence-electron chi connectivity index (χ2n) is 10.3. The van der Waals surface area contributed by atoms with E-state index in [1.165, 1.54) is 0 Å². The first kappa shape index (κ1) is 26.8. The predicted octanol–water partition coefficient (Wildman–Crippen LogP) is 4.39. The highest BCUT2D eigenvalue weighted by atomic mass is 28.4. The molecule has 2 aromatic rings. The SMILES string of the molecule is C=CC[C@H](O)[C@H](CO[Si](c1ccccc1)(c1ccccc1)C(C)(C)C)NC(=O)OC(C)(C)C. The zero-order chi connectivity index (χ0) is 24.7. The standard InChI is InChI=1S/C27H39NO4Si/c1-8-15-24(29)23(28-25(30)32-26(2,3)4)20-31-33(27(5,6)7,21-16-11-9-12-17-21)22-18-13-10-14-19-22/h8-14,16-19,23-24,29H,1,15,20H2,2-7H3,(H,28,30)/t23-,24-/m0/s1. The van der Waals surface area contributed by atoms with E-state index in [9.17, 15) is 9.90 Å². The fraction of sp³-hybridized carbons (Fsp3) is 0.444. The normalized spacial score (nSPS) is 14.3. The Morgan fingerprint density at radius 2 is 1.48 bits per heavy atom. The van der Waals surface area contributed by atoms with Gasteiger partial charge in [0.2, 0.25) is 0 Å².